The van der Waals surface area contributed by atoms with Crippen LogP contribution >= 0.6 is 34.7 Å². The maximum atomic E-state index is 11.9. The molecule has 1 N–H and O–H groups in total. The highest BCUT2D eigenvalue weighted by molar-refractivity contribution is 8.01. The number of anilines is 1. The molecule has 6 nitrogen and oxygen atoms in total. The third-order valence-corrected chi connectivity index (χ3v) is 4.75. The predicted octanol–water partition coefficient (Wildman–Crippen LogP) is 3.03. The van der Waals surface area contributed by atoms with Gasteiger partial charge < -0.3 is 10.1 Å². The number of nitrogens with one attached hydrogen (secondary N) is 1. The number of amides is 1. The number of nitrogens with zero attached hydrogens (tertiary/aromatic N) is 2. The third-order valence-electron chi connectivity index (χ3n) is 2.55. The zero-order valence-electron chi connectivity index (χ0n) is 12.2. The van der Waals surface area contributed by atoms with Crippen LogP contribution < -0.4 is 5.32 Å². The Labute approximate surface area is 146 Å². The van der Waals surface area contributed by atoms with Gasteiger partial charge in [0.2, 0.25) is 11.0 Å². The van der Waals surface area contributed by atoms with Crippen LogP contribution in [0.2, 0.25) is 5.02 Å². The highest BCUT2D eigenvalue weighted by atomic mass is 35.5. The molecule has 0 spiro atoms. The molecule has 0 unspecified atom stereocenters. The molecule has 1 aromatic heterocycles. The van der Waals surface area contributed by atoms with Crippen molar-refractivity contribution >= 4 is 51.7 Å². The number of aromatic nitrogens is 2. The van der Waals surface area contributed by atoms with Gasteiger partial charge in [0.05, 0.1) is 18.8 Å². The average molecular weight is 372 g/mol. The number of thioether (sulfide) groups is 1. The fraction of sp³-hybridized carbons (Fsp3) is 0.286. The van der Waals surface area contributed by atoms with E-state index in [1.165, 1.54) is 23.1 Å². The van der Waals surface area contributed by atoms with Gasteiger partial charge in [-0.25, -0.2) is 0 Å². The Hall–Kier alpha value is -1.64. The highest BCUT2D eigenvalue weighted by Gasteiger charge is 2.11. The van der Waals surface area contributed by atoms with E-state index < -0.39 is 0 Å². The van der Waals surface area contributed by atoms with Crippen LogP contribution in [0, 0.1) is 0 Å². The van der Waals surface area contributed by atoms with E-state index in [4.69, 9.17) is 16.3 Å². The molecule has 0 saturated carbocycles. The zero-order chi connectivity index (χ0) is 16.7. The van der Waals surface area contributed by atoms with Crippen molar-refractivity contribution in [1.29, 1.82) is 0 Å². The standard InChI is InChI=1S/C14H14ClN3O3S2/c1-2-21-12(20)8-22-14-18-17-13(23-14)16-11(19)7-9-3-5-10(15)6-4-9/h3-6H,2,7-8H2,1H3,(H,16,17,19). The second kappa shape index (κ2) is 8.85. The van der Waals surface area contributed by atoms with Gasteiger partial charge in [0, 0.05) is 5.02 Å². The number of esters is 1. The van der Waals surface area contributed by atoms with Crippen molar-refractivity contribution in [3.8, 4) is 0 Å². The molecule has 122 valence electrons. The van der Waals surface area contributed by atoms with Crippen LogP contribution in [0.15, 0.2) is 28.6 Å². The lowest BCUT2D eigenvalue weighted by atomic mass is 10.1. The minimum atomic E-state index is -0.305. The molecule has 9 heteroatoms. The van der Waals surface area contributed by atoms with Gasteiger partial charge in [0.25, 0.3) is 0 Å². The van der Waals surface area contributed by atoms with Gasteiger partial charge in [0.15, 0.2) is 4.34 Å². The molecule has 0 aliphatic carbocycles. The number of halogens is 1. The van der Waals surface area contributed by atoms with Crippen molar-refractivity contribution in [2.75, 3.05) is 17.7 Å². The summed E-state index contributed by atoms with van der Waals surface area (Å²) in [6.45, 7) is 2.10. The zero-order valence-corrected chi connectivity index (χ0v) is 14.6. The van der Waals surface area contributed by atoms with E-state index in [0.29, 0.717) is 21.1 Å². The SMILES string of the molecule is CCOC(=O)CSc1nnc(NC(=O)Cc2ccc(Cl)cc2)s1. The van der Waals surface area contributed by atoms with Crippen LogP contribution in [0.4, 0.5) is 5.13 Å². The summed E-state index contributed by atoms with van der Waals surface area (Å²) in [5, 5.41) is 11.5. The van der Waals surface area contributed by atoms with Crippen LogP contribution in [0.5, 0.6) is 0 Å². The summed E-state index contributed by atoms with van der Waals surface area (Å²) in [6.07, 6.45) is 0.224. The molecular formula is C14H14ClN3O3S2. The molecular weight excluding hydrogens is 358 g/mol. The Morgan fingerprint density at radius 2 is 2.04 bits per heavy atom. The van der Waals surface area contributed by atoms with Crippen molar-refractivity contribution in [3.05, 3.63) is 34.9 Å². The molecule has 1 heterocycles. The monoisotopic (exact) mass is 371 g/mol. The van der Waals surface area contributed by atoms with Crippen molar-refractivity contribution in [2.24, 2.45) is 0 Å². The van der Waals surface area contributed by atoms with Gasteiger partial charge in [-0.05, 0) is 24.6 Å². The molecule has 1 aromatic carbocycles. The maximum absolute atomic E-state index is 11.9. The Morgan fingerprint density at radius 1 is 1.30 bits per heavy atom. The Morgan fingerprint density at radius 3 is 2.74 bits per heavy atom. The first-order valence-electron chi connectivity index (χ1n) is 6.73. The summed E-state index contributed by atoms with van der Waals surface area (Å²) in [7, 11) is 0. The molecule has 0 aliphatic rings. The lowest BCUT2D eigenvalue weighted by Crippen LogP contribution is -2.14. The molecule has 1 amide bonds. The second-order valence-electron chi connectivity index (χ2n) is 4.32. The highest BCUT2D eigenvalue weighted by Crippen LogP contribution is 2.25. The van der Waals surface area contributed by atoms with Crippen LogP contribution in [0.1, 0.15) is 12.5 Å². The fourth-order valence-corrected chi connectivity index (χ4v) is 3.29. The number of hydrogen-bond acceptors (Lipinski definition) is 7. The smallest absolute Gasteiger partial charge is 0.316 e. The number of carbonyl (C=O) groups is 2. The number of ether oxygens (including phenoxy) is 1. The maximum Gasteiger partial charge on any atom is 0.316 e. The molecule has 0 radical (unpaired) electrons. The van der Waals surface area contributed by atoms with Crippen molar-refractivity contribution in [2.45, 2.75) is 17.7 Å². The molecule has 2 rings (SSSR count). The van der Waals surface area contributed by atoms with E-state index in [-0.39, 0.29) is 24.1 Å². The predicted molar refractivity (Wildman–Crippen MR) is 91.1 cm³/mol. The largest absolute Gasteiger partial charge is 0.465 e. The Kier molecular flexibility index (Phi) is 6.82. The number of rotatable bonds is 7. The minimum Gasteiger partial charge on any atom is -0.465 e. The quantitative estimate of drug-likeness (QED) is 0.457. The van der Waals surface area contributed by atoms with Gasteiger partial charge in [0.1, 0.15) is 0 Å². The normalized spacial score (nSPS) is 10.3. The summed E-state index contributed by atoms with van der Waals surface area (Å²) in [6, 6.07) is 7.06. The van der Waals surface area contributed by atoms with E-state index in [0.717, 1.165) is 5.56 Å². The topological polar surface area (TPSA) is 81.2 Å². The fourth-order valence-electron chi connectivity index (χ4n) is 1.59. The Balaban J connectivity index is 1.82. The number of hydrogen-bond donors (Lipinski definition) is 1. The Bertz CT molecular complexity index is 676. The summed E-state index contributed by atoms with van der Waals surface area (Å²) >= 11 is 8.24. The van der Waals surface area contributed by atoms with Crippen LogP contribution in [0.3, 0.4) is 0 Å². The summed E-state index contributed by atoms with van der Waals surface area (Å²) < 4.78 is 5.42. The first kappa shape index (κ1) is 17.7. The van der Waals surface area contributed by atoms with E-state index in [1.807, 2.05) is 0 Å². The van der Waals surface area contributed by atoms with Gasteiger partial charge in [-0.15, -0.1) is 10.2 Å². The molecule has 0 bridgehead atoms. The third kappa shape index (κ3) is 6.17. The van der Waals surface area contributed by atoms with Crippen LogP contribution in [-0.2, 0) is 20.7 Å². The molecule has 23 heavy (non-hydrogen) atoms. The van der Waals surface area contributed by atoms with Gasteiger partial charge >= 0.3 is 5.97 Å². The number of benzene rings is 1. The molecule has 0 atom stereocenters. The van der Waals surface area contributed by atoms with E-state index in [1.54, 1.807) is 31.2 Å². The van der Waals surface area contributed by atoms with Gasteiger partial charge in [-0.3, -0.25) is 9.59 Å². The van der Waals surface area contributed by atoms with Gasteiger partial charge in [-0.2, -0.15) is 0 Å². The number of carbonyl (C=O) groups excluding carboxylic acids is 2. The minimum absolute atomic E-state index is 0.168. The lowest BCUT2D eigenvalue weighted by Gasteiger charge is -2.01. The summed E-state index contributed by atoms with van der Waals surface area (Å²) in [5.41, 5.74) is 0.855. The van der Waals surface area contributed by atoms with E-state index >= 15 is 0 Å². The van der Waals surface area contributed by atoms with Crippen molar-refractivity contribution in [1.82, 2.24) is 10.2 Å². The first-order chi connectivity index (χ1) is 11.1. The van der Waals surface area contributed by atoms with Crippen LogP contribution in [-0.4, -0.2) is 34.4 Å². The molecule has 0 saturated heterocycles. The van der Waals surface area contributed by atoms with E-state index in [2.05, 4.69) is 15.5 Å². The lowest BCUT2D eigenvalue weighted by molar-refractivity contribution is -0.139. The molecule has 0 aliphatic heterocycles. The molecule has 0 fully saturated rings. The van der Waals surface area contributed by atoms with E-state index in [9.17, 15) is 9.59 Å². The van der Waals surface area contributed by atoms with Gasteiger partial charge in [-0.1, -0.05) is 46.8 Å². The molecule has 2 aromatic rings. The van der Waals surface area contributed by atoms with Crippen molar-refractivity contribution < 1.29 is 14.3 Å². The second-order valence-corrected chi connectivity index (χ2v) is 6.95. The summed E-state index contributed by atoms with van der Waals surface area (Å²) in [4.78, 5) is 23.2. The van der Waals surface area contributed by atoms with Crippen molar-refractivity contribution in [3.63, 3.8) is 0 Å². The average Bonchev–Trinajstić information content (AvgIpc) is 2.95. The first-order valence-corrected chi connectivity index (χ1v) is 8.91. The summed E-state index contributed by atoms with van der Waals surface area (Å²) in [5.74, 6) is -0.326. The van der Waals surface area contributed by atoms with Crippen LogP contribution in [0.25, 0.3) is 0 Å².